The van der Waals surface area contributed by atoms with Crippen molar-refractivity contribution in [3.05, 3.63) is 42.2 Å². The third-order valence-corrected chi connectivity index (χ3v) is 4.24. The minimum Gasteiger partial charge on any atom is -0.345 e. The molecule has 4 heterocycles. The molecule has 1 amide bonds. The van der Waals surface area contributed by atoms with Crippen LogP contribution in [0.1, 0.15) is 22.7 Å². The van der Waals surface area contributed by atoms with E-state index >= 15 is 0 Å². The summed E-state index contributed by atoms with van der Waals surface area (Å²) in [5.41, 5.74) is 1.16. The highest BCUT2D eigenvalue weighted by molar-refractivity contribution is 5.91. The normalized spacial score (nSPS) is 18.3. The molecule has 0 bridgehead atoms. The van der Waals surface area contributed by atoms with E-state index in [0.29, 0.717) is 5.78 Å². The van der Waals surface area contributed by atoms with Crippen LogP contribution < -0.4 is 5.32 Å². The molecule has 0 radical (unpaired) electrons. The fraction of sp³-hybridized carbons (Fsp3) is 0.400. The van der Waals surface area contributed by atoms with E-state index < -0.39 is 0 Å². The molecule has 0 aromatic carbocycles. The van der Waals surface area contributed by atoms with Gasteiger partial charge in [-0.1, -0.05) is 0 Å². The van der Waals surface area contributed by atoms with Crippen molar-refractivity contribution in [1.82, 2.24) is 39.6 Å². The van der Waals surface area contributed by atoms with Gasteiger partial charge in [-0.2, -0.15) is 10.1 Å². The van der Waals surface area contributed by atoms with Crippen molar-refractivity contribution >= 4 is 11.7 Å². The highest BCUT2D eigenvalue weighted by Gasteiger charge is 2.26. The number of nitrogens with zero attached hydrogens (tertiary/aromatic N) is 7. The van der Waals surface area contributed by atoms with Gasteiger partial charge in [0, 0.05) is 51.3 Å². The van der Waals surface area contributed by atoms with Gasteiger partial charge in [-0.15, -0.1) is 5.10 Å². The van der Waals surface area contributed by atoms with Gasteiger partial charge in [0.05, 0.1) is 5.69 Å². The lowest BCUT2D eigenvalue weighted by Gasteiger charge is -2.16. The van der Waals surface area contributed by atoms with E-state index in [1.54, 1.807) is 24.7 Å². The lowest BCUT2D eigenvalue weighted by molar-refractivity contribution is 0.0927. The van der Waals surface area contributed by atoms with E-state index in [-0.39, 0.29) is 17.8 Å². The molecule has 0 saturated carbocycles. The van der Waals surface area contributed by atoms with Gasteiger partial charge in [0.1, 0.15) is 0 Å². The first kappa shape index (κ1) is 14.8. The molecule has 1 saturated heterocycles. The predicted octanol–water partition coefficient (Wildman–Crippen LogP) is -0.138. The molecule has 0 aliphatic carbocycles. The number of aryl methyl sites for hydroxylation is 1. The van der Waals surface area contributed by atoms with Crippen LogP contribution in [0.25, 0.3) is 5.78 Å². The molecule has 1 aliphatic heterocycles. The summed E-state index contributed by atoms with van der Waals surface area (Å²) >= 11 is 0. The first-order valence-electron chi connectivity index (χ1n) is 7.86. The van der Waals surface area contributed by atoms with E-state index in [2.05, 4.69) is 30.4 Å². The molecule has 1 unspecified atom stereocenters. The topological polar surface area (TPSA) is 93.2 Å². The highest BCUT2D eigenvalue weighted by Crippen LogP contribution is 2.13. The zero-order chi connectivity index (χ0) is 16.5. The van der Waals surface area contributed by atoms with E-state index in [1.807, 2.05) is 17.8 Å². The van der Waals surface area contributed by atoms with E-state index in [1.165, 1.54) is 4.52 Å². The quantitative estimate of drug-likeness (QED) is 0.717. The van der Waals surface area contributed by atoms with Crippen molar-refractivity contribution in [3.8, 4) is 0 Å². The van der Waals surface area contributed by atoms with Gasteiger partial charge in [-0.3, -0.25) is 14.4 Å². The number of aromatic nitrogens is 6. The molecule has 1 fully saturated rings. The largest absolute Gasteiger partial charge is 0.345 e. The zero-order valence-electron chi connectivity index (χ0n) is 13.3. The van der Waals surface area contributed by atoms with Gasteiger partial charge >= 0.3 is 0 Å². The molecule has 1 aliphatic rings. The summed E-state index contributed by atoms with van der Waals surface area (Å²) in [6, 6.07) is 3.86. The number of carbonyl (C=O) groups excluding carboxylic acids is 1. The van der Waals surface area contributed by atoms with Crippen LogP contribution in [0.5, 0.6) is 0 Å². The number of amides is 1. The first-order valence-corrected chi connectivity index (χ1v) is 7.86. The molecule has 24 heavy (non-hydrogen) atoms. The average Bonchev–Trinajstić information content (AvgIpc) is 3.28. The molecule has 1 atom stereocenters. The van der Waals surface area contributed by atoms with E-state index in [4.69, 9.17) is 0 Å². The SMILES string of the molecule is Cn1nccc1CN1CCC(NC(=O)c2nc3ncccn3n2)C1. The van der Waals surface area contributed by atoms with Crippen LogP contribution in [0.3, 0.4) is 0 Å². The Hall–Kier alpha value is -2.81. The monoisotopic (exact) mass is 326 g/mol. The Labute approximate surface area is 138 Å². The molecule has 124 valence electrons. The third kappa shape index (κ3) is 2.85. The average molecular weight is 326 g/mol. The number of hydrogen-bond acceptors (Lipinski definition) is 6. The van der Waals surface area contributed by atoms with Crippen molar-refractivity contribution in [2.45, 2.75) is 19.0 Å². The molecule has 9 nitrogen and oxygen atoms in total. The summed E-state index contributed by atoms with van der Waals surface area (Å²) in [5, 5.41) is 11.3. The zero-order valence-corrected chi connectivity index (χ0v) is 13.3. The number of fused-ring (bicyclic) bond motifs is 1. The Morgan fingerprint density at radius 3 is 3.12 bits per heavy atom. The Morgan fingerprint density at radius 2 is 2.33 bits per heavy atom. The molecular weight excluding hydrogens is 308 g/mol. The van der Waals surface area contributed by atoms with Crippen LogP contribution in [0, 0.1) is 0 Å². The number of nitrogens with one attached hydrogen (secondary N) is 1. The second kappa shape index (κ2) is 6.00. The Bertz CT molecular complexity index is 836. The summed E-state index contributed by atoms with van der Waals surface area (Å²) in [4.78, 5) is 22.9. The summed E-state index contributed by atoms with van der Waals surface area (Å²) in [7, 11) is 1.94. The second-order valence-corrected chi connectivity index (χ2v) is 5.94. The van der Waals surface area contributed by atoms with Crippen molar-refractivity contribution < 1.29 is 4.79 Å². The minimum atomic E-state index is -0.257. The highest BCUT2D eigenvalue weighted by atomic mass is 16.2. The molecule has 9 heteroatoms. The van der Waals surface area contributed by atoms with Crippen LogP contribution in [0.4, 0.5) is 0 Å². The van der Waals surface area contributed by atoms with Crippen LogP contribution in [-0.4, -0.2) is 59.3 Å². The maximum absolute atomic E-state index is 12.3. The molecule has 0 spiro atoms. The van der Waals surface area contributed by atoms with Gasteiger partial charge < -0.3 is 5.32 Å². The fourth-order valence-electron chi connectivity index (χ4n) is 2.96. The van der Waals surface area contributed by atoms with Crippen LogP contribution >= 0.6 is 0 Å². The summed E-state index contributed by atoms with van der Waals surface area (Å²) in [6.45, 7) is 2.58. The Balaban J connectivity index is 1.37. The van der Waals surface area contributed by atoms with Crippen LogP contribution in [-0.2, 0) is 13.6 Å². The number of carbonyl (C=O) groups is 1. The van der Waals surface area contributed by atoms with Gasteiger partial charge in [0.25, 0.3) is 11.7 Å². The van der Waals surface area contributed by atoms with Crippen molar-refractivity contribution in [3.63, 3.8) is 0 Å². The molecule has 1 N–H and O–H groups in total. The second-order valence-electron chi connectivity index (χ2n) is 5.94. The summed E-state index contributed by atoms with van der Waals surface area (Å²) < 4.78 is 3.37. The van der Waals surface area contributed by atoms with Gasteiger partial charge in [0.15, 0.2) is 0 Å². The van der Waals surface area contributed by atoms with Gasteiger partial charge in [0.2, 0.25) is 5.82 Å². The Morgan fingerprint density at radius 1 is 1.42 bits per heavy atom. The van der Waals surface area contributed by atoms with Crippen LogP contribution in [0.2, 0.25) is 0 Å². The lowest BCUT2D eigenvalue weighted by atomic mass is 10.2. The molecular formula is C15H18N8O. The number of likely N-dealkylation sites (tertiary alicyclic amines) is 1. The molecule has 3 aromatic rings. The lowest BCUT2D eigenvalue weighted by Crippen LogP contribution is -2.37. The maximum atomic E-state index is 12.3. The standard InChI is InChI=1S/C15H18N8O/c1-21-12(3-6-17-21)10-22-8-4-11(9-22)18-14(24)13-19-15-16-5-2-7-23(15)20-13/h2-3,5-7,11H,4,8-10H2,1H3,(H,18,24). The van der Waals surface area contributed by atoms with Gasteiger partial charge in [-0.25, -0.2) is 9.50 Å². The number of hydrogen-bond donors (Lipinski definition) is 1. The molecule has 4 rings (SSSR count). The van der Waals surface area contributed by atoms with Crippen molar-refractivity contribution in [2.75, 3.05) is 13.1 Å². The van der Waals surface area contributed by atoms with Crippen molar-refractivity contribution in [1.29, 1.82) is 0 Å². The Kier molecular flexibility index (Phi) is 3.69. The molecule has 3 aromatic heterocycles. The smallest absolute Gasteiger partial charge is 0.291 e. The third-order valence-electron chi connectivity index (χ3n) is 4.24. The predicted molar refractivity (Wildman–Crippen MR) is 85.1 cm³/mol. The van der Waals surface area contributed by atoms with E-state index in [0.717, 1.165) is 31.7 Å². The summed E-state index contributed by atoms with van der Waals surface area (Å²) in [6.07, 6.45) is 6.05. The maximum Gasteiger partial charge on any atom is 0.291 e. The fourth-order valence-corrected chi connectivity index (χ4v) is 2.96. The number of rotatable bonds is 4. The first-order chi connectivity index (χ1) is 11.7. The van der Waals surface area contributed by atoms with Crippen molar-refractivity contribution in [2.24, 2.45) is 7.05 Å². The summed E-state index contributed by atoms with van der Waals surface area (Å²) in [5.74, 6) is 0.318. The van der Waals surface area contributed by atoms with E-state index in [9.17, 15) is 4.79 Å². The minimum absolute atomic E-state index is 0.102. The van der Waals surface area contributed by atoms with Crippen LogP contribution in [0.15, 0.2) is 30.7 Å². The van der Waals surface area contributed by atoms with Gasteiger partial charge in [-0.05, 0) is 18.6 Å².